The zero-order chi connectivity index (χ0) is 17.2. The second-order valence-corrected chi connectivity index (χ2v) is 6.21. The fourth-order valence-electron chi connectivity index (χ4n) is 3.22. The van der Waals surface area contributed by atoms with Crippen LogP contribution < -0.4 is 0 Å². The van der Waals surface area contributed by atoms with Crippen molar-refractivity contribution in [3.05, 3.63) is 60.3 Å². The highest BCUT2D eigenvalue weighted by atomic mass is 19.1. The fourth-order valence-corrected chi connectivity index (χ4v) is 3.22. The van der Waals surface area contributed by atoms with Gasteiger partial charge in [-0.25, -0.2) is 4.39 Å². The Morgan fingerprint density at radius 2 is 2.12 bits per heavy atom. The summed E-state index contributed by atoms with van der Waals surface area (Å²) in [4.78, 5) is 14.6. The first-order valence-corrected chi connectivity index (χ1v) is 8.30. The molecule has 128 valence electrons. The number of amides is 1. The van der Waals surface area contributed by atoms with Crippen molar-refractivity contribution in [1.29, 1.82) is 0 Å². The lowest BCUT2D eigenvalue weighted by molar-refractivity contribution is 0.0667. The lowest BCUT2D eigenvalue weighted by Gasteiger charge is -2.32. The number of aromatic amines is 1. The van der Waals surface area contributed by atoms with Gasteiger partial charge in [0, 0.05) is 31.0 Å². The van der Waals surface area contributed by atoms with Gasteiger partial charge in [0.05, 0.1) is 11.7 Å². The second kappa shape index (κ2) is 6.51. The number of rotatable bonds is 3. The van der Waals surface area contributed by atoms with Crippen molar-refractivity contribution >= 4 is 5.91 Å². The van der Waals surface area contributed by atoms with E-state index in [1.54, 1.807) is 24.4 Å². The van der Waals surface area contributed by atoms with Crippen LogP contribution in [-0.2, 0) is 0 Å². The monoisotopic (exact) mass is 339 g/mol. The standard InChI is InChI=1S/C18H18FN5O/c19-14-6-4-13(5-7-14)16-11-17(22-21-16)18(25)23-9-1-3-15(12-23)24-10-2-8-20-24/h2,4-8,10-11,15H,1,3,9,12H2,(H,21,22)/t15-/m0/s1. The van der Waals surface area contributed by atoms with Crippen molar-refractivity contribution in [3.8, 4) is 11.3 Å². The summed E-state index contributed by atoms with van der Waals surface area (Å²) < 4.78 is 14.9. The van der Waals surface area contributed by atoms with E-state index in [0.29, 0.717) is 17.9 Å². The van der Waals surface area contributed by atoms with Crippen molar-refractivity contribution in [3.63, 3.8) is 0 Å². The van der Waals surface area contributed by atoms with E-state index in [2.05, 4.69) is 15.3 Å². The minimum atomic E-state index is -0.298. The minimum absolute atomic E-state index is 0.0716. The zero-order valence-electron chi connectivity index (χ0n) is 13.6. The summed E-state index contributed by atoms with van der Waals surface area (Å²) in [5.74, 6) is -0.369. The van der Waals surface area contributed by atoms with Crippen LogP contribution in [0.4, 0.5) is 4.39 Å². The Hall–Kier alpha value is -2.96. The number of H-pyrrole nitrogens is 1. The third-order valence-corrected chi connectivity index (χ3v) is 4.53. The van der Waals surface area contributed by atoms with Gasteiger partial charge in [-0.1, -0.05) is 0 Å². The first-order chi connectivity index (χ1) is 12.2. The van der Waals surface area contributed by atoms with Gasteiger partial charge in [0.15, 0.2) is 0 Å². The van der Waals surface area contributed by atoms with E-state index in [1.165, 1.54) is 12.1 Å². The van der Waals surface area contributed by atoms with Crippen LogP contribution in [0.2, 0.25) is 0 Å². The van der Waals surface area contributed by atoms with Crippen LogP contribution in [-0.4, -0.2) is 43.9 Å². The van der Waals surface area contributed by atoms with Gasteiger partial charge in [0.2, 0.25) is 0 Å². The maximum Gasteiger partial charge on any atom is 0.271 e. The Labute approximate surface area is 144 Å². The number of likely N-dealkylation sites (tertiary alicyclic amines) is 1. The van der Waals surface area contributed by atoms with E-state index < -0.39 is 0 Å². The van der Waals surface area contributed by atoms with Crippen molar-refractivity contribution in [2.45, 2.75) is 18.9 Å². The summed E-state index contributed by atoms with van der Waals surface area (Å²) in [6.45, 7) is 1.35. The molecule has 1 aliphatic rings. The fraction of sp³-hybridized carbons (Fsp3) is 0.278. The number of halogens is 1. The Kier molecular flexibility index (Phi) is 4.05. The number of hydrogen-bond donors (Lipinski definition) is 1. The maximum atomic E-state index is 13.0. The summed E-state index contributed by atoms with van der Waals surface area (Å²) >= 11 is 0. The van der Waals surface area contributed by atoms with Crippen molar-refractivity contribution in [2.75, 3.05) is 13.1 Å². The van der Waals surface area contributed by atoms with E-state index in [9.17, 15) is 9.18 Å². The quantitative estimate of drug-likeness (QED) is 0.798. The molecule has 3 heterocycles. The van der Waals surface area contributed by atoms with Gasteiger partial charge < -0.3 is 4.90 Å². The number of carbonyl (C=O) groups excluding carboxylic acids is 1. The van der Waals surface area contributed by atoms with Gasteiger partial charge in [-0.2, -0.15) is 10.2 Å². The molecule has 7 heteroatoms. The molecule has 0 aliphatic carbocycles. The normalized spacial score (nSPS) is 17.6. The molecule has 6 nitrogen and oxygen atoms in total. The smallest absolute Gasteiger partial charge is 0.271 e. The van der Waals surface area contributed by atoms with Gasteiger partial charge in [-0.15, -0.1) is 0 Å². The Morgan fingerprint density at radius 3 is 2.88 bits per heavy atom. The first kappa shape index (κ1) is 15.6. The Morgan fingerprint density at radius 1 is 1.28 bits per heavy atom. The van der Waals surface area contributed by atoms with Gasteiger partial charge in [0.1, 0.15) is 11.5 Å². The summed E-state index contributed by atoms with van der Waals surface area (Å²) in [6.07, 6.45) is 5.64. The summed E-state index contributed by atoms with van der Waals surface area (Å²) in [5.41, 5.74) is 1.84. The average molecular weight is 339 g/mol. The molecule has 25 heavy (non-hydrogen) atoms. The minimum Gasteiger partial charge on any atom is -0.335 e. The average Bonchev–Trinajstić information content (AvgIpc) is 3.34. The molecule has 1 atom stereocenters. The molecule has 4 rings (SSSR count). The molecule has 0 spiro atoms. The topological polar surface area (TPSA) is 66.8 Å². The van der Waals surface area contributed by atoms with E-state index in [4.69, 9.17) is 0 Å². The number of carbonyl (C=O) groups is 1. The van der Waals surface area contributed by atoms with E-state index in [0.717, 1.165) is 24.9 Å². The molecular formula is C18H18FN5O. The van der Waals surface area contributed by atoms with Crippen LogP contribution in [0.1, 0.15) is 29.4 Å². The lowest BCUT2D eigenvalue weighted by Crippen LogP contribution is -2.41. The molecule has 0 saturated carbocycles. The molecule has 3 aromatic rings. The summed E-state index contributed by atoms with van der Waals surface area (Å²) in [7, 11) is 0. The van der Waals surface area contributed by atoms with Crippen molar-refractivity contribution in [1.82, 2.24) is 24.9 Å². The number of nitrogens with one attached hydrogen (secondary N) is 1. The van der Waals surface area contributed by atoms with Crippen LogP contribution in [0, 0.1) is 5.82 Å². The number of hydrogen-bond acceptors (Lipinski definition) is 3. The maximum absolute atomic E-state index is 13.0. The predicted molar refractivity (Wildman–Crippen MR) is 90.4 cm³/mol. The molecule has 0 unspecified atom stereocenters. The zero-order valence-corrected chi connectivity index (χ0v) is 13.6. The number of aromatic nitrogens is 4. The van der Waals surface area contributed by atoms with Crippen LogP contribution in [0.3, 0.4) is 0 Å². The molecule has 1 fully saturated rings. The predicted octanol–water partition coefficient (Wildman–Crippen LogP) is 2.89. The summed E-state index contributed by atoms with van der Waals surface area (Å²) in [6, 6.07) is 9.86. The van der Waals surface area contributed by atoms with Crippen LogP contribution >= 0.6 is 0 Å². The third kappa shape index (κ3) is 3.17. The van der Waals surface area contributed by atoms with E-state index in [-0.39, 0.29) is 17.8 Å². The molecule has 0 radical (unpaired) electrons. The molecule has 0 bridgehead atoms. The van der Waals surface area contributed by atoms with Gasteiger partial charge in [-0.3, -0.25) is 14.6 Å². The van der Waals surface area contributed by atoms with E-state index in [1.807, 2.05) is 21.8 Å². The molecule has 1 N–H and O–H groups in total. The molecule has 1 amide bonds. The Bertz CT molecular complexity index is 856. The van der Waals surface area contributed by atoms with Crippen LogP contribution in [0.15, 0.2) is 48.8 Å². The largest absolute Gasteiger partial charge is 0.335 e. The highest BCUT2D eigenvalue weighted by Gasteiger charge is 2.26. The van der Waals surface area contributed by atoms with E-state index >= 15 is 0 Å². The lowest BCUT2D eigenvalue weighted by atomic mass is 10.1. The second-order valence-electron chi connectivity index (χ2n) is 6.21. The van der Waals surface area contributed by atoms with Crippen LogP contribution in [0.25, 0.3) is 11.3 Å². The molecular weight excluding hydrogens is 321 g/mol. The number of benzene rings is 1. The van der Waals surface area contributed by atoms with Crippen molar-refractivity contribution in [2.24, 2.45) is 0 Å². The Balaban J connectivity index is 1.50. The van der Waals surface area contributed by atoms with Gasteiger partial charge in [0.25, 0.3) is 5.91 Å². The summed E-state index contributed by atoms with van der Waals surface area (Å²) in [5, 5.41) is 11.3. The third-order valence-electron chi connectivity index (χ3n) is 4.53. The molecule has 2 aromatic heterocycles. The van der Waals surface area contributed by atoms with Crippen molar-refractivity contribution < 1.29 is 9.18 Å². The number of piperidine rings is 1. The molecule has 1 aromatic carbocycles. The highest BCUT2D eigenvalue weighted by Crippen LogP contribution is 2.23. The molecule has 1 saturated heterocycles. The van der Waals surface area contributed by atoms with Gasteiger partial charge in [-0.05, 0) is 49.2 Å². The molecule has 1 aliphatic heterocycles. The van der Waals surface area contributed by atoms with Crippen LogP contribution in [0.5, 0.6) is 0 Å². The number of nitrogens with zero attached hydrogens (tertiary/aromatic N) is 4. The van der Waals surface area contributed by atoms with Gasteiger partial charge >= 0.3 is 0 Å². The highest BCUT2D eigenvalue weighted by molar-refractivity contribution is 5.93. The first-order valence-electron chi connectivity index (χ1n) is 8.30. The SMILES string of the molecule is O=C(c1cc(-c2ccc(F)cc2)n[nH]1)N1CCC[C@H](n2cccn2)C1.